The third kappa shape index (κ3) is 5.74. The first-order valence-electron chi connectivity index (χ1n) is 5.98. The van der Waals surface area contributed by atoms with Crippen LogP contribution in [0.25, 0.3) is 0 Å². The van der Waals surface area contributed by atoms with Gasteiger partial charge in [-0.15, -0.1) is 0 Å². The topological polar surface area (TPSA) is 54.0 Å². The molecular formula is C13H8F5N3OS. The van der Waals surface area contributed by atoms with Crippen LogP contribution in [0, 0.1) is 11.9 Å². The van der Waals surface area contributed by atoms with Gasteiger partial charge in [-0.1, -0.05) is 6.07 Å². The number of rotatable bonds is 3. The lowest BCUT2D eigenvalue weighted by molar-refractivity contribution is -0.0328. The van der Waals surface area contributed by atoms with Gasteiger partial charge in [-0.3, -0.25) is 0 Å². The summed E-state index contributed by atoms with van der Waals surface area (Å²) in [6.45, 7) is 0. The smallest absolute Gasteiger partial charge is 0.308 e. The highest BCUT2D eigenvalue weighted by molar-refractivity contribution is 8.00. The SMILES string of the molecule is O=C(Nc1cccc(SC(F)(F)F)c1)Nc1cc(F)nc(F)c1. The minimum atomic E-state index is -4.45. The lowest BCUT2D eigenvalue weighted by atomic mass is 10.3. The molecule has 0 radical (unpaired) electrons. The Morgan fingerprint density at radius 3 is 2.22 bits per heavy atom. The van der Waals surface area contributed by atoms with E-state index in [0.29, 0.717) is 0 Å². The lowest BCUT2D eigenvalue weighted by Crippen LogP contribution is -2.19. The van der Waals surface area contributed by atoms with Crippen LogP contribution >= 0.6 is 11.8 Å². The second kappa shape index (κ2) is 6.82. The van der Waals surface area contributed by atoms with Crippen molar-refractivity contribution in [2.45, 2.75) is 10.4 Å². The number of urea groups is 1. The number of anilines is 2. The summed E-state index contributed by atoms with van der Waals surface area (Å²) in [7, 11) is 0. The number of hydrogen-bond acceptors (Lipinski definition) is 3. The molecule has 0 spiro atoms. The molecule has 0 aliphatic rings. The second-order valence-corrected chi connectivity index (χ2v) is 5.29. The molecule has 0 atom stereocenters. The van der Waals surface area contributed by atoms with E-state index in [1.807, 2.05) is 0 Å². The van der Waals surface area contributed by atoms with E-state index in [9.17, 15) is 26.7 Å². The highest BCUT2D eigenvalue weighted by Crippen LogP contribution is 2.37. The molecule has 4 nitrogen and oxygen atoms in total. The van der Waals surface area contributed by atoms with Crippen molar-refractivity contribution in [1.82, 2.24) is 4.98 Å². The van der Waals surface area contributed by atoms with Gasteiger partial charge in [-0.2, -0.15) is 26.9 Å². The van der Waals surface area contributed by atoms with Crippen LogP contribution in [-0.2, 0) is 0 Å². The molecule has 1 aromatic heterocycles. The molecule has 2 rings (SSSR count). The van der Waals surface area contributed by atoms with Crippen LogP contribution in [0.3, 0.4) is 0 Å². The van der Waals surface area contributed by atoms with E-state index >= 15 is 0 Å². The summed E-state index contributed by atoms with van der Waals surface area (Å²) in [6.07, 6.45) is 0. The van der Waals surface area contributed by atoms with Gasteiger partial charge in [0.05, 0.1) is 5.69 Å². The molecule has 0 unspecified atom stereocenters. The average Bonchev–Trinajstić information content (AvgIpc) is 2.35. The van der Waals surface area contributed by atoms with Gasteiger partial charge >= 0.3 is 11.5 Å². The first-order valence-corrected chi connectivity index (χ1v) is 6.80. The van der Waals surface area contributed by atoms with Gasteiger partial charge in [0.2, 0.25) is 11.9 Å². The molecule has 122 valence electrons. The van der Waals surface area contributed by atoms with Crippen LogP contribution in [-0.4, -0.2) is 16.5 Å². The van der Waals surface area contributed by atoms with Crippen LogP contribution in [0.4, 0.5) is 38.1 Å². The number of aromatic nitrogens is 1. The molecule has 1 aromatic carbocycles. The molecule has 0 fully saturated rings. The average molecular weight is 349 g/mol. The first-order chi connectivity index (χ1) is 10.7. The molecule has 0 bridgehead atoms. The van der Waals surface area contributed by atoms with Crippen molar-refractivity contribution >= 4 is 29.2 Å². The van der Waals surface area contributed by atoms with Gasteiger partial charge < -0.3 is 10.6 Å². The number of hydrogen-bond donors (Lipinski definition) is 2. The standard InChI is InChI=1S/C13H8F5N3OS/c14-10-5-8(6-11(15)21-10)20-12(22)19-7-2-1-3-9(4-7)23-13(16,17)18/h1-6H,(H2,19,20,21,22). The van der Waals surface area contributed by atoms with Crippen molar-refractivity contribution in [1.29, 1.82) is 0 Å². The van der Waals surface area contributed by atoms with Crippen molar-refractivity contribution in [3.63, 3.8) is 0 Å². The maximum atomic E-state index is 12.9. The minimum absolute atomic E-state index is 0.0896. The zero-order valence-electron chi connectivity index (χ0n) is 11.1. The molecule has 23 heavy (non-hydrogen) atoms. The Balaban J connectivity index is 2.04. The Hall–Kier alpha value is -2.36. The van der Waals surface area contributed by atoms with Crippen LogP contribution in [0.1, 0.15) is 0 Å². The maximum absolute atomic E-state index is 12.9. The Morgan fingerprint density at radius 2 is 1.61 bits per heavy atom. The summed E-state index contributed by atoms with van der Waals surface area (Å²) in [5.74, 6) is -2.24. The summed E-state index contributed by atoms with van der Waals surface area (Å²) in [6, 6.07) is 5.75. The fraction of sp³-hybridized carbons (Fsp3) is 0.0769. The van der Waals surface area contributed by atoms with Crippen molar-refractivity contribution in [2.75, 3.05) is 10.6 Å². The largest absolute Gasteiger partial charge is 0.446 e. The van der Waals surface area contributed by atoms with Gasteiger partial charge in [0.1, 0.15) is 0 Å². The molecule has 0 aliphatic heterocycles. The van der Waals surface area contributed by atoms with E-state index in [2.05, 4.69) is 15.6 Å². The number of benzene rings is 1. The molecular weight excluding hydrogens is 341 g/mol. The van der Waals surface area contributed by atoms with Gasteiger partial charge in [-0.05, 0) is 30.0 Å². The van der Waals surface area contributed by atoms with E-state index in [1.165, 1.54) is 18.2 Å². The number of nitrogens with zero attached hydrogens (tertiary/aromatic N) is 1. The monoisotopic (exact) mass is 349 g/mol. The summed E-state index contributed by atoms with van der Waals surface area (Å²) < 4.78 is 62.6. The highest BCUT2D eigenvalue weighted by Gasteiger charge is 2.29. The van der Waals surface area contributed by atoms with E-state index in [-0.39, 0.29) is 28.0 Å². The fourth-order valence-electron chi connectivity index (χ4n) is 1.60. The molecule has 1 heterocycles. The zero-order chi connectivity index (χ0) is 17.0. The maximum Gasteiger partial charge on any atom is 0.446 e. The zero-order valence-corrected chi connectivity index (χ0v) is 11.9. The molecule has 0 saturated heterocycles. The van der Waals surface area contributed by atoms with E-state index in [1.54, 1.807) is 0 Å². The van der Waals surface area contributed by atoms with E-state index < -0.39 is 23.4 Å². The van der Waals surface area contributed by atoms with Gasteiger partial charge in [0, 0.05) is 22.7 Å². The minimum Gasteiger partial charge on any atom is -0.308 e. The number of alkyl halides is 3. The first kappa shape index (κ1) is 17.0. The normalized spacial score (nSPS) is 11.2. The number of nitrogens with one attached hydrogen (secondary N) is 2. The Morgan fingerprint density at radius 1 is 1.00 bits per heavy atom. The van der Waals surface area contributed by atoms with E-state index in [4.69, 9.17) is 0 Å². The quantitative estimate of drug-likeness (QED) is 0.483. The molecule has 2 amide bonds. The Labute approximate surface area is 131 Å². The number of carbonyl (C=O) groups is 1. The third-order valence-corrected chi connectivity index (χ3v) is 3.07. The summed E-state index contributed by atoms with van der Waals surface area (Å²) >= 11 is -0.329. The van der Waals surface area contributed by atoms with Gasteiger partial charge in [0.25, 0.3) is 0 Å². The van der Waals surface area contributed by atoms with Crippen molar-refractivity contribution in [3.8, 4) is 0 Å². The number of pyridine rings is 1. The fourth-order valence-corrected chi connectivity index (χ4v) is 2.20. The van der Waals surface area contributed by atoms with Crippen molar-refractivity contribution in [3.05, 3.63) is 48.3 Å². The third-order valence-electron chi connectivity index (χ3n) is 2.35. The van der Waals surface area contributed by atoms with Crippen LogP contribution in [0.5, 0.6) is 0 Å². The molecule has 0 aliphatic carbocycles. The predicted molar refractivity (Wildman–Crippen MR) is 75.1 cm³/mol. The summed E-state index contributed by atoms with van der Waals surface area (Å²) in [5.41, 5.74) is -4.55. The van der Waals surface area contributed by atoms with Crippen molar-refractivity contribution in [2.24, 2.45) is 0 Å². The molecule has 10 heteroatoms. The number of thioether (sulfide) groups is 1. The summed E-state index contributed by atoms with van der Waals surface area (Å²) in [5, 5.41) is 4.40. The second-order valence-electron chi connectivity index (χ2n) is 4.16. The van der Waals surface area contributed by atoms with E-state index in [0.717, 1.165) is 18.2 Å². The molecule has 2 aromatic rings. The molecule has 0 saturated carbocycles. The lowest BCUT2D eigenvalue weighted by Gasteiger charge is -2.10. The van der Waals surface area contributed by atoms with Gasteiger partial charge in [-0.25, -0.2) is 4.79 Å². The number of amides is 2. The van der Waals surface area contributed by atoms with Crippen molar-refractivity contribution < 1.29 is 26.7 Å². The highest BCUT2D eigenvalue weighted by atomic mass is 32.2. The van der Waals surface area contributed by atoms with Gasteiger partial charge in [0.15, 0.2) is 0 Å². The number of carbonyl (C=O) groups excluding carboxylic acids is 1. The van der Waals surface area contributed by atoms with Crippen LogP contribution < -0.4 is 10.6 Å². The van der Waals surface area contributed by atoms with Crippen LogP contribution in [0.15, 0.2) is 41.3 Å². The molecule has 2 N–H and O–H groups in total. The predicted octanol–water partition coefficient (Wildman–Crippen LogP) is 4.62. The summed E-state index contributed by atoms with van der Waals surface area (Å²) in [4.78, 5) is 14.4. The van der Waals surface area contributed by atoms with Crippen LogP contribution in [0.2, 0.25) is 0 Å². The number of halogens is 5. The Bertz CT molecular complexity index is 703. The Kier molecular flexibility index (Phi) is 5.04.